The van der Waals surface area contributed by atoms with Crippen LogP contribution in [0.25, 0.3) is 49.7 Å². The van der Waals surface area contributed by atoms with Crippen LogP contribution < -0.4 is 14.4 Å². The van der Waals surface area contributed by atoms with Gasteiger partial charge in [0.2, 0.25) is 0 Å². The highest BCUT2D eigenvalue weighted by Gasteiger charge is 2.54. The van der Waals surface area contributed by atoms with E-state index in [-0.39, 0.29) is 10.8 Å². The minimum Gasteiger partial charge on any atom is -0.457 e. The lowest BCUT2D eigenvalue weighted by Crippen LogP contribution is -2.33. The van der Waals surface area contributed by atoms with E-state index < -0.39 is 10.8 Å². The molecular weight excluding hydrogens is 1120 g/mol. The van der Waals surface area contributed by atoms with Crippen molar-refractivity contribution in [3.05, 3.63) is 297 Å². The Bertz CT molecular complexity index is 4820. The van der Waals surface area contributed by atoms with Crippen molar-refractivity contribution in [2.24, 2.45) is 0 Å². The van der Waals surface area contributed by atoms with E-state index >= 15 is 0 Å². The van der Waals surface area contributed by atoms with E-state index in [9.17, 15) is 0 Å². The lowest BCUT2D eigenvalue weighted by molar-refractivity contribution is 0.424. The topological polar surface area (TPSA) is 26.6 Å². The number of hydrogen-bond donors (Lipinski definition) is 0. The van der Waals surface area contributed by atoms with Gasteiger partial charge in [0.05, 0.1) is 21.9 Å². The van der Waals surface area contributed by atoms with E-state index in [0.717, 1.165) is 56.9 Å². The third kappa shape index (κ3) is 8.14. The van der Waals surface area contributed by atoms with Gasteiger partial charge in [0.25, 0.3) is 0 Å². The Kier molecular flexibility index (Phi) is 12.4. The Balaban J connectivity index is 0.924. The summed E-state index contributed by atoms with van der Waals surface area (Å²) in [5, 5.41) is 2.48. The van der Waals surface area contributed by atoms with Gasteiger partial charge in [-0.25, -0.2) is 0 Å². The number of nitrogens with zero attached hydrogens (tertiary/aromatic N) is 2. The summed E-state index contributed by atoms with van der Waals surface area (Å²) in [6.07, 6.45) is 12.6. The molecule has 4 aliphatic carbocycles. The smallest absolute Gasteiger partial charge is 0.132 e. The molecule has 0 unspecified atom stereocenters. The van der Waals surface area contributed by atoms with Crippen LogP contribution in [0.2, 0.25) is 0 Å². The SMILES string of the molecule is CC(C)(C)c1ccc2c(c1)C1(c3ccccc3Oc3ccc(N(c4cccc(-n5c6ccccc6c6ccccc65)c4)c4ccc5c(c4)C4(c6cc(C7CCCCC7)ccc6Oc6ccc(C7CCCCC7)cc64)c4ccccc4-5)cc31)c1cc(C(C)(C)C)ccc1-2. The number of fused-ring (bicyclic) bond motifs is 21. The first kappa shape index (κ1) is 55.5. The molecule has 1 aromatic heterocycles. The molecular formula is C88H78N2O2. The van der Waals surface area contributed by atoms with E-state index in [4.69, 9.17) is 9.47 Å². The number of anilines is 3. The van der Waals surface area contributed by atoms with Crippen molar-refractivity contribution >= 4 is 38.9 Å². The van der Waals surface area contributed by atoms with Crippen molar-refractivity contribution in [1.82, 2.24) is 4.57 Å². The van der Waals surface area contributed by atoms with Crippen molar-refractivity contribution in [1.29, 1.82) is 0 Å². The molecule has 6 aliphatic rings. The lowest BCUT2D eigenvalue weighted by atomic mass is 9.64. The van der Waals surface area contributed by atoms with Gasteiger partial charge in [0.1, 0.15) is 23.0 Å². The van der Waals surface area contributed by atoms with Gasteiger partial charge in [0.15, 0.2) is 0 Å². The molecule has 0 N–H and O–H groups in total. The molecule has 4 heteroatoms. The summed E-state index contributed by atoms with van der Waals surface area (Å²) in [4.78, 5) is 2.56. The summed E-state index contributed by atoms with van der Waals surface area (Å²) < 4.78 is 17.1. The number of aromatic nitrogens is 1. The van der Waals surface area contributed by atoms with Gasteiger partial charge in [-0.1, -0.05) is 232 Å². The van der Waals surface area contributed by atoms with Gasteiger partial charge in [-0.2, -0.15) is 0 Å². The fourth-order valence-electron chi connectivity index (χ4n) is 17.9. The van der Waals surface area contributed by atoms with Gasteiger partial charge in [-0.3, -0.25) is 0 Å². The first-order chi connectivity index (χ1) is 44.8. The minimum absolute atomic E-state index is 0.0972. The molecule has 0 atom stereocenters. The first-order valence-corrected chi connectivity index (χ1v) is 34.2. The highest BCUT2D eigenvalue weighted by atomic mass is 16.5. The van der Waals surface area contributed by atoms with Crippen LogP contribution in [0, 0.1) is 0 Å². The molecule has 2 aliphatic heterocycles. The number of hydrogen-bond acceptors (Lipinski definition) is 3. The Labute approximate surface area is 542 Å². The van der Waals surface area contributed by atoms with Crippen LogP contribution in [0.1, 0.15) is 184 Å². The fourth-order valence-corrected chi connectivity index (χ4v) is 17.9. The second kappa shape index (κ2) is 20.6. The van der Waals surface area contributed by atoms with E-state index in [0.29, 0.717) is 11.8 Å². The largest absolute Gasteiger partial charge is 0.457 e. The molecule has 0 amide bonds. The summed E-state index contributed by atoms with van der Waals surface area (Å²) >= 11 is 0. The minimum atomic E-state index is -0.727. The number of ether oxygens (including phenoxy) is 2. The maximum Gasteiger partial charge on any atom is 0.132 e. The van der Waals surface area contributed by atoms with Crippen molar-refractivity contribution in [3.8, 4) is 50.9 Å². The molecule has 4 nitrogen and oxygen atoms in total. The Morgan fingerprint density at radius 2 is 0.761 bits per heavy atom. The molecule has 2 fully saturated rings. The van der Waals surface area contributed by atoms with Crippen molar-refractivity contribution < 1.29 is 9.47 Å². The predicted molar refractivity (Wildman–Crippen MR) is 379 cm³/mol. The third-order valence-electron chi connectivity index (χ3n) is 22.4. The maximum absolute atomic E-state index is 7.31. The first-order valence-electron chi connectivity index (χ1n) is 34.2. The van der Waals surface area contributed by atoms with Crippen molar-refractivity contribution in [2.75, 3.05) is 4.90 Å². The molecule has 12 aromatic rings. The molecule has 3 heterocycles. The monoisotopic (exact) mass is 1190 g/mol. The zero-order valence-corrected chi connectivity index (χ0v) is 53.9. The molecule has 18 rings (SSSR count). The summed E-state index contributed by atoms with van der Waals surface area (Å²) in [5.74, 6) is 4.70. The molecule has 0 radical (unpaired) electrons. The molecule has 0 saturated heterocycles. The van der Waals surface area contributed by atoms with E-state index in [1.807, 2.05) is 0 Å². The summed E-state index contributed by atoms with van der Waals surface area (Å²) in [6.45, 7) is 14.1. The van der Waals surface area contributed by atoms with Crippen molar-refractivity contribution in [3.63, 3.8) is 0 Å². The normalized spacial score (nSPS) is 16.6. The van der Waals surface area contributed by atoms with Gasteiger partial charge in [0, 0.05) is 55.8 Å². The van der Waals surface area contributed by atoms with Crippen LogP contribution in [-0.2, 0) is 21.7 Å². The van der Waals surface area contributed by atoms with Crippen LogP contribution in [0.5, 0.6) is 23.0 Å². The summed E-state index contributed by atoms with van der Waals surface area (Å²) in [5.41, 5.74) is 25.7. The average molecular weight is 1200 g/mol. The average Bonchev–Trinajstić information content (AvgIpc) is 1.47. The fraction of sp³-hybridized carbons (Fsp3) is 0.250. The third-order valence-corrected chi connectivity index (χ3v) is 22.4. The van der Waals surface area contributed by atoms with Crippen LogP contribution in [0.4, 0.5) is 17.1 Å². The molecule has 452 valence electrons. The number of benzene rings is 11. The number of para-hydroxylation sites is 3. The van der Waals surface area contributed by atoms with Crippen molar-refractivity contribution in [2.45, 2.75) is 139 Å². The Hall–Kier alpha value is -9.38. The molecule has 11 aromatic carbocycles. The second-order valence-corrected chi connectivity index (χ2v) is 29.6. The summed E-state index contributed by atoms with van der Waals surface area (Å²) in [6, 6.07) is 89.1. The predicted octanol–water partition coefficient (Wildman–Crippen LogP) is 23.9. The zero-order valence-electron chi connectivity index (χ0n) is 53.9. The van der Waals surface area contributed by atoms with Gasteiger partial charge in [-0.15, -0.1) is 0 Å². The standard InChI is InChI=1S/C88H78N2O2/c1-85(2,3)59-38-42-66-67-43-39-60(86(4,5)6)51-74(67)88(73(66)50-59)72-32-17-20-35-81(72)91-84-47-41-64(54-78(84)88)89(61-26-21-27-62(52-61)90-79-33-18-14-29-69(79)70-30-15-19-34-80(70)90)63-40-44-68-65-28-13-16-31-71(65)87(75(68)53-63)76-48-57(55-22-9-7-10-23-55)36-45-82(76)92-83-46-37-58(49-77(83)87)56-24-11-8-12-25-56/h13-21,26-56H,7-12,22-25H2,1-6H3. The van der Waals surface area contributed by atoms with E-state index in [1.54, 1.807) is 0 Å². The zero-order chi connectivity index (χ0) is 61.8. The van der Waals surface area contributed by atoms with Crippen LogP contribution in [0.3, 0.4) is 0 Å². The van der Waals surface area contributed by atoms with Gasteiger partial charge in [-0.05, 0) is 194 Å². The van der Waals surface area contributed by atoms with Crippen LogP contribution >= 0.6 is 0 Å². The Morgan fingerprint density at radius 1 is 0.337 bits per heavy atom. The quantitative estimate of drug-likeness (QED) is 0.166. The van der Waals surface area contributed by atoms with Gasteiger partial charge < -0.3 is 18.9 Å². The molecule has 0 bridgehead atoms. The summed E-state index contributed by atoms with van der Waals surface area (Å²) in [7, 11) is 0. The van der Waals surface area contributed by atoms with Crippen LogP contribution in [-0.4, -0.2) is 4.57 Å². The second-order valence-electron chi connectivity index (χ2n) is 29.6. The molecule has 2 saturated carbocycles. The molecule has 2 spiro atoms. The maximum atomic E-state index is 7.31. The Morgan fingerprint density at radius 3 is 1.34 bits per heavy atom. The van der Waals surface area contributed by atoms with Gasteiger partial charge >= 0.3 is 0 Å². The molecule has 92 heavy (non-hydrogen) atoms. The highest BCUT2D eigenvalue weighted by molar-refractivity contribution is 6.09. The number of rotatable bonds is 6. The van der Waals surface area contributed by atoms with Crippen LogP contribution in [0.15, 0.2) is 231 Å². The van der Waals surface area contributed by atoms with E-state index in [1.165, 1.54) is 164 Å². The highest BCUT2D eigenvalue weighted by Crippen LogP contribution is 2.66. The lowest BCUT2D eigenvalue weighted by Gasteiger charge is -2.41. The van der Waals surface area contributed by atoms with E-state index in [2.05, 4.69) is 282 Å².